The van der Waals surface area contributed by atoms with Crippen LogP contribution in [0.5, 0.6) is 11.5 Å². The number of nitrogens with zero attached hydrogens (tertiary/aromatic N) is 1. The van der Waals surface area contributed by atoms with E-state index in [1.807, 2.05) is 0 Å². The summed E-state index contributed by atoms with van der Waals surface area (Å²) in [5.74, 6) is 0.528. The molecule has 0 atom stereocenters. The molecule has 0 spiro atoms. The van der Waals surface area contributed by atoms with E-state index in [9.17, 15) is 10.1 Å². The molecule has 0 amide bonds. The van der Waals surface area contributed by atoms with Crippen molar-refractivity contribution in [1.29, 1.82) is 0 Å². The Bertz CT molecular complexity index is 483. The molecule has 1 aliphatic carbocycles. The summed E-state index contributed by atoms with van der Waals surface area (Å²) in [6, 6.07) is 3.33. The first-order chi connectivity index (χ1) is 8.57. The van der Waals surface area contributed by atoms with Crippen LogP contribution in [0.3, 0.4) is 0 Å². The van der Waals surface area contributed by atoms with E-state index in [-0.39, 0.29) is 16.9 Å². The zero-order chi connectivity index (χ0) is 13.3. The first kappa shape index (κ1) is 12.6. The van der Waals surface area contributed by atoms with Gasteiger partial charge >= 0.3 is 5.69 Å². The molecule has 1 aliphatic rings. The molecule has 2 N–H and O–H groups in total. The first-order valence-electron chi connectivity index (χ1n) is 5.69. The number of nitro groups is 1. The van der Waals surface area contributed by atoms with Gasteiger partial charge in [-0.25, -0.2) is 0 Å². The standard InChI is InChI=1S/C12H16N2O4/c1-17-10-6-8(12(7-13)3-4-12)5-9(14(15)16)11(10)18-2/h5-6H,3-4,7,13H2,1-2H3. The van der Waals surface area contributed by atoms with E-state index >= 15 is 0 Å². The highest BCUT2D eigenvalue weighted by Crippen LogP contribution is 2.51. The van der Waals surface area contributed by atoms with E-state index in [1.165, 1.54) is 14.2 Å². The van der Waals surface area contributed by atoms with Gasteiger partial charge in [-0.1, -0.05) is 0 Å². The van der Waals surface area contributed by atoms with Gasteiger partial charge in [-0.15, -0.1) is 0 Å². The summed E-state index contributed by atoms with van der Waals surface area (Å²) < 4.78 is 10.2. The third kappa shape index (κ3) is 1.88. The molecule has 0 aromatic heterocycles. The van der Waals surface area contributed by atoms with Crippen LogP contribution in [0.4, 0.5) is 5.69 Å². The molecule has 0 heterocycles. The zero-order valence-corrected chi connectivity index (χ0v) is 10.4. The minimum Gasteiger partial charge on any atom is -0.493 e. The number of hydrogen-bond donors (Lipinski definition) is 1. The molecule has 1 saturated carbocycles. The van der Waals surface area contributed by atoms with Gasteiger partial charge in [0, 0.05) is 18.0 Å². The number of rotatable bonds is 5. The lowest BCUT2D eigenvalue weighted by Crippen LogP contribution is -2.20. The second kappa shape index (κ2) is 4.45. The van der Waals surface area contributed by atoms with Crippen LogP contribution in [0.15, 0.2) is 12.1 Å². The van der Waals surface area contributed by atoms with Gasteiger partial charge in [0.15, 0.2) is 5.75 Å². The SMILES string of the molecule is COc1cc(C2(CN)CC2)cc([N+](=O)[O-])c1OC. The molecule has 0 unspecified atom stereocenters. The minimum absolute atomic E-state index is 0.0772. The highest BCUT2D eigenvalue weighted by molar-refractivity contribution is 5.60. The molecule has 0 bridgehead atoms. The molecule has 1 fully saturated rings. The number of ether oxygens (including phenoxy) is 2. The van der Waals surface area contributed by atoms with E-state index in [0.717, 1.165) is 18.4 Å². The van der Waals surface area contributed by atoms with Gasteiger partial charge in [-0.2, -0.15) is 0 Å². The maximum Gasteiger partial charge on any atom is 0.315 e. The van der Waals surface area contributed by atoms with E-state index in [1.54, 1.807) is 12.1 Å². The molecule has 0 saturated heterocycles. The Morgan fingerprint density at radius 3 is 2.44 bits per heavy atom. The zero-order valence-electron chi connectivity index (χ0n) is 10.4. The van der Waals surface area contributed by atoms with Gasteiger partial charge in [-0.3, -0.25) is 10.1 Å². The largest absolute Gasteiger partial charge is 0.493 e. The summed E-state index contributed by atoms with van der Waals surface area (Å²) in [4.78, 5) is 10.6. The maximum atomic E-state index is 11.1. The maximum absolute atomic E-state index is 11.1. The van der Waals surface area contributed by atoms with Crippen molar-refractivity contribution in [1.82, 2.24) is 0 Å². The number of methoxy groups -OCH3 is 2. The van der Waals surface area contributed by atoms with E-state index in [4.69, 9.17) is 15.2 Å². The summed E-state index contributed by atoms with van der Waals surface area (Å²) in [7, 11) is 2.85. The van der Waals surface area contributed by atoms with Crippen molar-refractivity contribution in [2.75, 3.05) is 20.8 Å². The Morgan fingerprint density at radius 2 is 2.06 bits per heavy atom. The molecular weight excluding hydrogens is 236 g/mol. The third-order valence-electron chi connectivity index (χ3n) is 3.51. The fraction of sp³-hybridized carbons (Fsp3) is 0.500. The van der Waals surface area contributed by atoms with Gasteiger partial charge in [0.1, 0.15) is 0 Å². The van der Waals surface area contributed by atoms with Crippen molar-refractivity contribution < 1.29 is 14.4 Å². The summed E-state index contributed by atoms with van der Waals surface area (Å²) in [5.41, 5.74) is 6.41. The fourth-order valence-electron chi connectivity index (χ4n) is 2.15. The molecule has 0 aliphatic heterocycles. The van der Waals surface area contributed by atoms with Crippen molar-refractivity contribution in [2.24, 2.45) is 5.73 Å². The Hall–Kier alpha value is -1.82. The Kier molecular flexibility index (Phi) is 3.13. The van der Waals surface area contributed by atoms with Crippen molar-refractivity contribution in [3.05, 3.63) is 27.8 Å². The molecule has 1 aromatic rings. The molecule has 1 aromatic carbocycles. The second-order valence-corrected chi connectivity index (χ2v) is 4.47. The lowest BCUT2D eigenvalue weighted by atomic mass is 9.95. The number of benzene rings is 1. The molecule has 18 heavy (non-hydrogen) atoms. The average molecular weight is 252 g/mol. The van der Waals surface area contributed by atoms with Crippen molar-refractivity contribution in [3.8, 4) is 11.5 Å². The molecule has 0 radical (unpaired) electrons. The minimum atomic E-state index is -0.461. The lowest BCUT2D eigenvalue weighted by Gasteiger charge is -2.16. The summed E-state index contributed by atoms with van der Waals surface area (Å²) in [6.07, 6.45) is 1.91. The van der Waals surface area contributed by atoms with Crippen molar-refractivity contribution >= 4 is 5.69 Å². The van der Waals surface area contributed by atoms with Crippen LogP contribution in [-0.4, -0.2) is 25.7 Å². The quantitative estimate of drug-likeness (QED) is 0.635. The van der Waals surface area contributed by atoms with Crippen LogP contribution in [-0.2, 0) is 5.41 Å². The second-order valence-electron chi connectivity index (χ2n) is 4.47. The van der Waals surface area contributed by atoms with E-state index in [2.05, 4.69) is 0 Å². The smallest absolute Gasteiger partial charge is 0.315 e. The fourth-order valence-corrected chi connectivity index (χ4v) is 2.15. The first-order valence-corrected chi connectivity index (χ1v) is 5.69. The number of nitrogens with two attached hydrogens (primary N) is 1. The summed E-state index contributed by atoms with van der Waals surface area (Å²) in [5, 5.41) is 11.1. The van der Waals surface area contributed by atoms with Crippen molar-refractivity contribution in [3.63, 3.8) is 0 Å². The average Bonchev–Trinajstić information content (AvgIpc) is 3.17. The van der Waals surface area contributed by atoms with Crippen LogP contribution in [0.2, 0.25) is 0 Å². The van der Waals surface area contributed by atoms with Gasteiger partial charge in [-0.05, 0) is 24.5 Å². The third-order valence-corrected chi connectivity index (χ3v) is 3.51. The van der Waals surface area contributed by atoms with Crippen LogP contribution in [0, 0.1) is 10.1 Å². The normalized spacial score (nSPS) is 16.2. The van der Waals surface area contributed by atoms with Gasteiger partial charge in [0.2, 0.25) is 5.75 Å². The van der Waals surface area contributed by atoms with Crippen LogP contribution in [0.1, 0.15) is 18.4 Å². The van der Waals surface area contributed by atoms with E-state index in [0.29, 0.717) is 12.3 Å². The van der Waals surface area contributed by atoms with Crippen LogP contribution >= 0.6 is 0 Å². The Balaban J connectivity index is 2.57. The monoisotopic (exact) mass is 252 g/mol. The predicted octanol–water partition coefficient (Wildman–Crippen LogP) is 1.60. The number of hydrogen-bond acceptors (Lipinski definition) is 5. The summed E-state index contributed by atoms with van der Waals surface area (Å²) >= 11 is 0. The van der Waals surface area contributed by atoms with Crippen molar-refractivity contribution in [2.45, 2.75) is 18.3 Å². The molecule has 98 valence electrons. The summed E-state index contributed by atoms with van der Waals surface area (Å²) in [6.45, 7) is 0.486. The highest BCUT2D eigenvalue weighted by Gasteiger charge is 2.44. The Labute approximate surface area is 105 Å². The van der Waals surface area contributed by atoms with Gasteiger partial charge < -0.3 is 15.2 Å². The topological polar surface area (TPSA) is 87.6 Å². The molecule has 6 heteroatoms. The van der Waals surface area contributed by atoms with Gasteiger partial charge in [0.25, 0.3) is 0 Å². The molecule has 2 rings (SSSR count). The number of nitro benzene ring substituents is 1. The molecular formula is C12H16N2O4. The molecule has 6 nitrogen and oxygen atoms in total. The van der Waals surface area contributed by atoms with Crippen LogP contribution < -0.4 is 15.2 Å². The predicted molar refractivity (Wildman–Crippen MR) is 66.2 cm³/mol. The van der Waals surface area contributed by atoms with E-state index < -0.39 is 4.92 Å². The Morgan fingerprint density at radius 1 is 1.39 bits per heavy atom. The van der Waals surface area contributed by atoms with Crippen LogP contribution in [0.25, 0.3) is 0 Å². The highest BCUT2D eigenvalue weighted by atomic mass is 16.6. The van der Waals surface area contributed by atoms with Gasteiger partial charge in [0.05, 0.1) is 19.1 Å². The lowest BCUT2D eigenvalue weighted by molar-refractivity contribution is -0.385.